The van der Waals surface area contributed by atoms with E-state index in [2.05, 4.69) is 4.90 Å². The highest BCUT2D eigenvalue weighted by atomic mass is 35.5. The van der Waals surface area contributed by atoms with E-state index >= 15 is 0 Å². The van der Waals surface area contributed by atoms with Gasteiger partial charge < -0.3 is 14.6 Å². The molecule has 3 unspecified atom stereocenters. The fraction of sp³-hybridized carbons (Fsp3) is 0.632. The van der Waals surface area contributed by atoms with E-state index in [0.29, 0.717) is 41.6 Å². The number of nitrogens with zero attached hydrogens (tertiary/aromatic N) is 1. The third kappa shape index (κ3) is 3.72. The SMILES string of the molecule is CCOc1c(Cl)cc(CN2C(C(=O)O)CC3CCCCC32)cc1OC. The minimum atomic E-state index is -0.724. The van der Waals surface area contributed by atoms with Gasteiger partial charge in [-0.1, -0.05) is 24.4 Å². The summed E-state index contributed by atoms with van der Waals surface area (Å²) in [5.74, 6) is 0.908. The highest BCUT2D eigenvalue weighted by Gasteiger charge is 2.45. The maximum absolute atomic E-state index is 11.8. The number of halogens is 1. The van der Waals surface area contributed by atoms with E-state index in [4.69, 9.17) is 21.1 Å². The number of fused-ring (bicyclic) bond motifs is 1. The number of benzene rings is 1. The van der Waals surface area contributed by atoms with E-state index in [0.717, 1.165) is 24.8 Å². The Morgan fingerprint density at radius 1 is 1.36 bits per heavy atom. The van der Waals surface area contributed by atoms with Crippen LogP contribution in [0.5, 0.6) is 11.5 Å². The van der Waals surface area contributed by atoms with Gasteiger partial charge in [-0.2, -0.15) is 0 Å². The van der Waals surface area contributed by atoms with Gasteiger partial charge in [0.25, 0.3) is 0 Å². The minimum absolute atomic E-state index is 0.353. The van der Waals surface area contributed by atoms with Crippen molar-refractivity contribution < 1.29 is 19.4 Å². The van der Waals surface area contributed by atoms with Crippen LogP contribution in [0.2, 0.25) is 5.02 Å². The molecule has 3 rings (SSSR count). The van der Waals surface area contributed by atoms with Crippen LogP contribution in [0.25, 0.3) is 0 Å². The third-order valence-electron chi connectivity index (χ3n) is 5.45. The van der Waals surface area contributed by atoms with Gasteiger partial charge in [-0.05, 0) is 49.8 Å². The first-order valence-corrected chi connectivity index (χ1v) is 9.40. The first kappa shape index (κ1) is 18.3. The molecular formula is C19H26ClNO4. The summed E-state index contributed by atoms with van der Waals surface area (Å²) in [5.41, 5.74) is 0.961. The Hall–Kier alpha value is -1.46. The standard InChI is InChI=1S/C19H26ClNO4/c1-3-25-18-14(20)8-12(9-17(18)24-2)11-21-15-7-5-4-6-13(15)10-16(21)19(22)23/h8-9,13,15-16H,3-7,10-11H2,1-2H3,(H,22,23). The fourth-order valence-electron chi connectivity index (χ4n) is 4.38. The quantitative estimate of drug-likeness (QED) is 0.824. The molecular weight excluding hydrogens is 342 g/mol. The summed E-state index contributed by atoms with van der Waals surface area (Å²) in [6, 6.07) is 3.71. The summed E-state index contributed by atoms with van der Waals surface area (Å²) < 4.78 is 11.0. The van der Waals surface area contributed by atoms with E-state index < -0.39 is 12.0 Å². The molecule has 1 N–H and O–H groups in total. The Morgan fingerprint density at radius 2 is 2.12 bits per heavy atom. The molecule has 1 saturated heterocycles. The molecule has 5 nitrogen and oxygen atoms in total. The molecule has 2 aliphatic rings. The molecule has 1 aliphatic carbocycles. The zero-order chi connectivity index (χ0) is 18.0. The summed E-state index contributed by atoms with van der Waals surface area (Å²) in [6.45, 7) is 2.97. The van der Waals surface area contributed by atoms with Crippen LogP contribution in [0.3, 0.4) is 0 Å². The molecule has 0 radical (unpaired) electrons. The van der Waals surface area contributed by atoms with Gasteiger partial charge >= 0.3 is 5.97 Å². The zero-order valence-corrected chi connectivity index (χ0v) is 15.6. The lowest BCUT2D eigenvalue weighted by molar-refractivity contribution is -0.142. The maximum Gasteiger partial charge on any atom is 0.320 e. The Balaban J connectivity index is 1.86. The van der Waals surface area contributed by atoms with Gasteiger partial charge in [0.2, 0.25) is 0 Å². The van der Waals surface area contributed by atoms with Gasteiger partial charge in [-0.3, -0.25) is 9.69 Å². The number of carbonyl (C=O) groups is 1. The summed E-state index contributed by atoms with van der Waals surface area (Å²) in [7, 11) is 1.59. The number of methoxy groups -OCH3 is 1. The van der Waals surface area contributed by atoms with Gasteiger partial charge in [0.05, 0.1) is 18.7 Å². The highest BCUT2D eigenvalue weighted by Crippen LogP contribution is 2.42. The molecule has 25 heavy (non-hydrogen) atoms. The van der Waals surface area contributed by atoms with E-state index in [-0.39, 0.29) is 0 Å². The van der Waals surface area contributed by atoms with Crippen LogP contribution in [-0.4, -0.2) is 41.8 Å². The van der Waals surface area contributed by atoms with Crippen LogP contribution >= 0.6 is 11.6 Å². The predicted octanol–water partition coefficient (Wildman–Crippen LogP) is 3.97. The van der Waals surface area contributed by atoms with Crippen molar-refractivity contribution in [2.75, 3.05) is 13.7 Å². The number of rotatable bonds is 6. The number of likely N-dealkylation sites (tertiary alicyclic amines) is 1. The Kier molecular flexibility index (Phi) is 5.74. The first-order chi connectivity index (χ1) is 12.0. The van der Waals surface area contributed by atoms with Gasteiger partial charge in [0.15, 0.2) is 11.5 Å². The van der Waals surface area contributed by atoms with Crippen LogP contribution < -0.4 is 9.47 Å². The van der Waals surface area contributed by atoms with Crippen LogP contribution in [0, 0.1) is 5.92 Å². The molecule has 1 aromatic rings. The molecule has 1 aliphatic heterocycles. The average Bonchev–Trinajstić information content (AvgIpc) is 2.96. The van der Waals surface area contributed by atoms with Crippen molar-refractivity contribution in [2.45, 2.75) is 57.7 Å². The fourth-order valence-corrected chi connectivity index (χ4v) is 4.67. The van der Waals surface area contributed by atoms with Crippen molar-refractivity contribution in [3.05, 3.63) is 22.7 Å². The Bertz CT molecular complexity index is 636. The molecule has 0 amide bonds. The smallest absolute Gasteiger partial charge is 0.320 e. The van der Waals surface area contributed by atoms with E-state index in [1.54, 1.807) is 7.11 Å². The van der Waals surface area contributed by atoms with Crippen molar-refractivity contribution in [3.63, 3.8) is 0 Å². The van der Waals surface area contributed by atoms with Crippen LogP contribution in [0.15, 0.2) is 12.1 Å². The first-order valence-electron chi connectivity index (χ1n) is 9.02. The monoisotopic (exact) mass is 367 g/mol. The third-order valence-corrected chi connectivity index (χ3v) is 5.73. The van der Waals surface area contributed by atoms with E-state index in [1.165, 1.54) is 12.8 Å². The second-order valence-corrected chi connectivity index (χ2v) is 7.32. The number of hydrogen-bond donors (Lipinski definition) is 1. The van der Waals surface area contributed by atoms with E-state index in [1.807, 2.05) is 19.1 Å². The van der Waals surface area contributed by atoms with E-state index in [9.17, 15) is 9.90 Å². The van der Waals surface area contributed by atoms with Crippen molar-refractivity contribution in [1.82, 2.24) is 4.90 Å². The van der Waals surface area contributed by atoms with Crippen LogP contribution in [0.4, 0.5) is 0 Å². The van der Waals surface area contributed by atoms with Gasteiger partial charge in [0.1, 0.15) is 6.04 Å². The summed E-state index contributed by atoms with van der Waals surface area (Å²) >= 11 is 6.37. The molecule has 3 atom stereocenters. The number of aliphatic carboxylic acids is 1. The molecule has 0 bridgehead atoms. The number of hydrogen-bond acceptors (Lipinski definition) is 4. The molecule has 6 heteroatoms. The lowest BCUT2D eigenvalue weighted by Crippen LogP contribution is -2.41. The summed E-state index contributed by atoms with van der Waals surface area (Å²) in [4.78, 5) is 13.9. The lowest BCUT2D eigenvalue weighted by atomic mass is 9.84. The minimum Gasteiger partial charge on any atom is -0.493 e. The Morgan fingerprint density at radius 3 is 2.80 bits per heavy atom. The predicted molar refractivity (Wildman–Crippen MR) is 96.5 cm³/mol. The molecule has 2 fully saturated rings. The largest absolute Gasteiger partial charge is 0.493 e. The van der Waals surface area contributed by atoms with Crippen molar-refractivity contribution in [1.29, 1.82) is 0 Å². The van der Waals surface area contributed by atoms with Crippen molar-refractivity contribution in [3.8, 4) is 11.5 Å². The summed E-state index contributed by atoms with van der Waals surface area (Å²) in [6.07, 6.45) is 5.36. The molecule has 1 heterocycles. The topological polar surface area (TPSA) is 59.0 Å². The molecule has 1 aromatic carbocycles. The average molecular weight is 368 g/mol. The Labute approximate surface area is 153 Å². The second-order valence-electron chi connectivity index (χ2n) is 6.92. The van der Waals surface area contributed by atoms with Gasteiger partial charge in [-0.25, -0.2) is 0 Å². The number of carboxylic acids is 1. The lowest BCUT2D eigenvalue weighted by Gasteiger charge is -2.33. The molecule has 0 spiro atoms. The summed E-state index contributed by atoms with van der Waals surface area (Å²) in [5, 5.41) is 10.2. The second kappa shape index (κ2) is 7.83. The van der Waals surface area contributed by atoms with Crippen molar-refractivity contribution in [2.24, 2.45) is 5.92 Å². The normalized spacial score (nSPS) is 26.3. The zero-order valence-electron chi connectivity index (χ0n) is 14.8. The molecule has 1 saturated carbocycles. The number of carboxylic acid groups (broad SMARTS) is 1. The van der Waals surface area contributed by atoms with Gasteiger partial charge in [-0.15, -0.1) is 0 Å². The molecule has 138 valence electrons. The highest BCUT2D eigenvalue weighted by molar-refractivity contribution is 6.32. The maximum atomic E-state index is 11.8. The van der Waals surface area contributed by atoms with Crippen molar-refractivity contribution >= 4 is 17.6 Å². The van der Waals surface area contributed by atoms with Crippen LogP contribution in [-0.2, 0) is 11.3 Å². The molecule has 0 aromatic heterocycles. The number of ether oxygens (including phenoxy) is 2. The van der Waals surface area contributed by atoms with Crippen LogP contribution in [0.1, 0.15) is 44.6 Å². The van der Waals surface area contributed by atoms with Gasteiger partial charge in [0, 0.05) is 12.6 Å².